The Morgan fingerprint density at radius 1 is 1.42 bits per heavy atom. The number of nitrogens with two attached hydrogens (primary N) is 1. The molecule has 0 saturated heterocycles. The summed E-state index contributed by atoms with van der Waals surface area (Å²) >= 11 is 0. The fraction of sp³-hybridized carbons (Fsp3) is 0.600. The minimum absolute atomic E-state index is 0.0752. The van der Waals surface area contributed by atoms with Crippen molar-refractivity contribution in [2.45, 2.75) is 19.5 Å². The standard InChI is InChI=1S/C10H16F3N5O/c1-2-7-15-8(17-14)5-9(16-7)18(3-4-19)6-10(11,12)13/h5,19H,2-4,6,14H2,1H3,(H,15,16,17). The van der Waals surface area contributed by atoms with Crippen molar-refractivity contribution in [2.24, 2.45) is 5.84 Å². The number of nitrogens with one attached hydrogen (secondary N) is 1. The number of rotatable bonds is 6. The van der Waals surface area contributed by atoms with Crippen molar-refractivity contribution in [1.82, 2.24) is 9.97 Å². The molecule has 19 heavy (non-hydrogen) atoms. The number of alkyl halides is 3. The fourth-order valence-electron chi connectivity index (χ4n) is 1.49. The maximum atomic E-state index is 12.5. The highest BCUT2D eigenvalue weighted by molar-refractivity contribution is 5.49. The second kappa shape index (κ2) is 6.53. The normalized spacial score (nSPS) is 11.5. The molecule has 0 radical (unpaired) electrons. The van der Waals surface area contributed by atoms with Crippen LogP contribution in [0.5, 0.6) is 0 Å². The Bertz CT molecular complexity index is 390. The predicted molar refractivity (Wildman–Crippen MR) is 64.6 cm³/mol. The number of hydrazine groups is 1. The lowest BCUT2D eigenvalue weighted by Crippen LogP contribution is -2.37. The Morgan fingerprint density at radius 3 is 2.58 bits per heavy atom. The second-order valence-corrected chi connectivity index (χ2v) is 3.79. The summed E-state index contributed by atoms with van der Waals surface area (Å²) in [4.78, 5) is 8.94. The van der Waals surface area contributed by atoms with Gasteiger partial charge in [0.2, 0.25) is 0 Å². The van der Waals surface area contributed by atoms with Gasteiger partial charge in [-0.15, -0.1) is 0 Å². The summed E-state index contributed by atoms with van der Waals surface area (Å²) in [5, 5.41) is 8.86. The molecule has 4 N–H and O–H groups in total. The van der Waals surface area contributed by atoms with Gasteiger partial charge in [0.15, 0.2) is 0 Å². The number of halogens is 3. The number of aliphatic hydroxyl groups is 1. The second-order valence-electron chi connectivity index (χ2n) is 3.79. The zero-order valence-electron chi connectivity index (χ0n) is 10.4. The monoisotopic (exact) mass is 279 g/mol. The molecule has 1 heterocycles. The third-order valence-corrected chi connectivity index (χ3v) is 2.29. The summed E-state index contributed by atoms with van der Waals surface area (Å²) in [6, 6.07) is 1.31. The molecule has 6 nitrogen and oxygen atoms in total. The van der Waals surface area contributed by atoms with Crippen LogP contribution in [0.1, 0.15) is 12.7 Å². The molecule has 0 saturated carbocycles. The number of hydrogen-bond acceptors (Lipinski definition) is 6. The topological polar surface area (TPSA) is 87.3 Å². The van der Waals surface area contributed by atoms with Crippen molar-refractivity contribution < 1.29 is 18.3 Å². The molecule has 0 amide bonds. The van der Waals surface area contributed by atoms with Crippen LogP contribution in [0.15, 0.2) is 6.07 Å². The van der Waals surface area contributed by atoms with Crippen LogP contribution in [-0.4, -0.2) is 40.9 Å². The molecule has 0 aliphatic heterocycles. The molecule has 0 atom stereocenters. The van der Waals surface area contributed by atoms with E-state index in [2.05, 4.69) is 15.4 Å². The van der Waals surface area contributed by atoms with Crippen molar-refractivity contribution in [3.05, 3.63) is 11.9 Å². The van der Waals surface area contributed by atoms with Gasteiger partial charge in [0.05, 0.1) is 6.61 Å². The molecule has 0 spiro atoms. The van der Waals surface area contributed by atoms with Gasteiger partial charge < -0.3 is 15.4 Å². The molecular weight excluding hydrogens is 263 g/mol. The van der Waals surface area contributed by atoms with Crippen molar-refractivity contribution in [3.63, 3.8) is 0 Å². The van der Waals surface area contributed by atoms with E-state index in [0.717, 1.165) is 4.90 Å². The zero-order valence-corrected chi connectivity index (χ0v) is 10.4. The highest BCUT2D eigenvalue weighted by atomic mass is 19.4. The average molecular weight is 279 g/mol. The van der Waals surface area contributed by atoms with E-state index in [0.29, 0.717) is 12.2 Å². The van der Waals surface area contributed by atoms with E-state index in [1.807, 2.05) is 0 Å². The molecule has 0 aliphatic rings. The minimum Gasteiger partial charge on any atom is -0.395 e. The minimum atomic E-state index is -4.39. The Kier molecular flexibility index (Phi) is 5.31. The van der Waals surface area contributed by atoms with Gasteiger partial charge in [-0.05, 0) is 0 Å². The third-order valence-electron chi connectivity index (χ3n) is 2.29. The van der Waals surface area contributed by atoms with Crippen LogP contribution in [0.4, 0.5) is 24.8 Å². The number of aromatic nitrogens is 2. The first-order valence-electron chi connectivity index (χ1n) is 5.66. The van der Waals surface area contributed by atoms with Crippen LogP contribution in [0.25, 0.3) is 0 Å². The fourth-order valence-corrected chi connectivity index (χ4v) is 1.49. The van der Waals surface area contributed by atoms with Gasteiger partial charge in [-0.1, -0.05) is 6.92 Å². The first kappa shape index (κ1) is 15.4. The highest BCUT2D eigenvalue weighted by Gasteiger charge is 2.31. The summed E-state index contributed by atoms with van der Waals surface area (Å²) in [7, 11) is 0. The number of hydrogen-bond donors (Lipinski definition) is 3. The summed E-state index contributed by atoms with van der Waals surface area (Å²) < 4.78 is 37.4. The molecule has 0 aromatic carbocycles. The summed E-state index contributed by atoms with van der Waals surface area (Å²) in [6.07, 6.45) is -3.93. The van der Waals surface area contributed by atoms with Gasteiger partial charge in [-0.3, -0.25) is 0 Å². The number of nitrogens with zero attached hydrogens (tertiary/aromatic N) is 3. The molecule has 0 fully saturated rings. The van der Waals surface area contributed by atoms with Gasteiger partial charge in [0.25, 0.3) is 0 Å². The van der Waals surface area contributed by atoms with Crippen LogP contribution < -0.4 is 16.2 Å². The van der Waals surface area contributed by atoms with Gasteiger partial charge in [0.1, 0.15) is 24.0 Å². The van der Waals surface area contributed by atoms with E-state index < -0.39 is 19.3 Å². The van der Waals surface area contributed by atoms with Gasteiger partial charge in [0, 0.05) is 19.0 Å². The number of anilines is 2. The van der Waals surface area contributed by atoms with Crippen LogP contribution >= 0.6 is 0 Å². The highest BCUT2D eigenvalue weighted by Crippen LogP contribution is 2.22. The Labute approximate surface area is 108 Å². The van der Waals surface area contributed by atoms with Crippen molar-refractivity contribution in [3.8, 4) is 0 Å². The Morgan fingerprint density at radius 2 is 2.11 bits per heavy atom. The molecule has 1 aromatic rings. The summed E-state index contributed by atoms with van der Waals surface area (Å²) in [5.41, 5.74) is 2.28. The van der Waals surface area contributed by atoms with Crippen molar-refractivity contribution in [2.75, 3.05) is 30.0 Å². The third kappa shape index (κ3) is 4.87. The van der Waals surface area contributed by atoms with E-state index in [4.69, 9.17) is 10.9 Å². The molecule has 108 valence electrons. The Balaban J connectivity index is 3.06. The summed E-state index contributed by atoms with van der Waals surface area (Å²) in [6.45, 7) is -0.00604. The molecule has 0 aliphatic carbocycles. The molecule has 0 bridgehead atoms. The molecule has 9 heteroatoms. The quantitative estimate of drug-likeness (QED) is 0.524. The van der Waals surface area contributed by atoms with E-state index in [-0.39, 0.29) is 18.2 Å². The maximum Gasteiger partial charge on any atom is 0.405 e. The SMILES string of the molecule is CCc1nc(NN)cc(N(CCO)CC(F)(F)F)n1. The van der Waals surface area contributed by atoms with Crippen LogP contribution in [0.2, 0.25) is 0 Å². The lowest BCUT2D eigenvalue weighted by atomic mass is 10.3. The number of aryl methyl sites for hydroxylation is 1. The average Bonchev–Trinajstić information content (AvgIpc) is 2.36. The molecular formula is C10H16F3N5O. The molecule has 0 unspecified atom stereocenters. The van der Waals surface area contributed by atoms with E-state index >= 15 is 0 Å². The van der Waals surface area contributed by atoms with Crippen molar-refractivity contribution in [1.29, 1.82) is 0 Å². The molecule has 1 rings (SSSR count). The van der Waals surface area contributed by atoms with E-state index in [9.17, 15) is 13.2 Å². The van der Waals surface area contributed by atoms with Crippen molar-refractivity contribution >= 4 is 11.6 Å². The summed E-state index contributed by atoms with van der Waals surface area (Å²) in [5.74, 6) is 5.89. The lowest BCUT2D eigenvalue weighted by molar-refractivity contribution is -0.120. The maximum absolute atomic E-state index is 12.5. The van der Waals surface area contributed by atoms with Crippen LogP contribution in [0.3, 0.4) is 0 Å². The Hall–Kier alpha value is -1.61. The van der Waals surface area contributed by atoms with E-state index in [1.54, 1.807) is 6.92 Å². The largest absolute Gasteiger partial charge is 0.405 e. The number of aliphatic hydroxyl groups excluding tert-OH is 1. The van der Waals surface area contributed by atoms with E-state index in [1.165, 1.54) is 6.07 Å². The van der Waals surface area contributed by atoms with Crippen LogP contribution in [-0.2, 0) is 6.42 Å². The predicted octanol–water partition coefficient (Wildman–Crippen LogP) is 0.686. The van der Waals surface area contributed by atoms with Gasteiger partial charge >= 0.3 is 6.18 Å². The smallest absolute Gasteiger partial charge is 0.395 e. The lowest BCUT2D eigenvalue weighted by Gasteiger charge is -2.24. The van der Waals surface area contributed by atoms with Gasteiger partial charge in [-0.2, -0.15) is 13.2 Å². The van der Waals surface area contributed by atoms with Crippen LogP contribution in [0, 0.1) is 0 Å². The van der Waals surface area contributed by atoms with Gasteiger partial charge in [-0.25, -0.2) is 15.8 Å². The number of nitrogen functional groups attached to an aromatic ring is 1. The zero-order chi connectivity index (χ0) is 14.5. The molecule has 1 aromatic heterocycles. The first-order chi connectivity index (χ1) is 8.89. The first-order valence-corrected chi connectivity index (χ1v) is 5.66.